The van der Waals surface area contributed by atoms with Crippen LogP contribution >= 0.6 is 11.8 Å². The zero-order chi connectivity index (χ0) is 22.3. The molecule has 0 saturated carbocycles. The van der Waals surface area contributed by atoms with Gasteiger partial charge in [0.25, 0.3) is 0 Å². The highest BCUT2D eigenvalue weighted by Gasteiger charge is 2.21. The van der Waals surface area contributed by atoms with E-state index in [1.54, 1.807) is 30.2 Å². The van der Waals surface area contributed by atoms with Crippen molar-refractivity contribution in [3.05, 3.63) is 101 Å². The minimum atomic E-state index is 0.0183. The molecule has 0 saturated heterocycles. The molecular formula is C27H27N3OS. The zero-order valence-electron chi connectivity index (χ0n) is 18.5. The fourth-order valence-corrected chi connectivity index (χ4v) is 4.78. The van der Waals surface area contributed by atoms with Crippen LogP contribution < -0.4 is 0 Å². The van der Waals surface area contributed by atoms with Crippen LogP contribution in [0.5, 0.6) is 0 Å². The lowest BCUT2D eigenvalue weighted by Crippen LogP contribution is -2.16. The monoisotopic (exact) mass is 441 g/mol. The van der Waals surface area contributed by atoms with E-state index in [4.69, 9.17) is 0 Å². The highest BCUT2D eigenvalue weighted by atomic mass is 32.2. The summed E-state index contributed by atoms with van der Waals surface area (Å²) in [6.07, 6.45) is 11.3. The van der Waals surface area contributed by atoms with Gasteiger partial charge in [0, 0.05) is 42.2 Å². The summed E-state index contributed by atoms with van der Waals surface area (Å²) in [5.41, 5.74) is 3.15. The van der Waals surface area contributed by atoms with Gasteiger partial charge in [0.15, 0.2) is 10.9 Å². The molecule has 4 nitrogen and oxygen atoms in total. The SMILES string of the molecule is CCN(/C=C1/CCC(/C=C/C(=O)c2ccc3ccccc3c2)=C1Sc1ncccn1)CC. The van der Waals surface area contributed by atoms with E-state index in [9.17, 15) is 4.79 Å². The number of hydrogen-bond donors (Lipinski definition) is 0. The molecule has 1 heterocycles. The van der Waals surface area contributed by atoms with E-state index >= 15 is 0 Å². The highest BCUT2D eigenvalue weighted by molar-refractivity contribution is 8.03. The molecule has 3 aromatic rings. The van der Waals surface area contributed by atoms with Gasteiger partial charge in [0.1, 0.15) is 0 Å². The number of hydrogen-bond acceptors (Lipinski definition) is 5. The Morgan fingerprint density at radius 3 is 2.50 bits per heavy atom. The second-order valence-electron chi connectivity index (χ2n) is 7.62. The van der Waals surface area contributed by atoms with Gasteiger partial charge in [-0.3, -0.25) is 4.79 Å². The molecule has 1 aromatic heterocycles. The maximum absolute atomic E-state index is 12.9. The van der Waals surface area contributed by atoms with E-state index in [1.807, 2.05) is 48.5 Å². The Bertz CT molecular complexity index is 1190. The quantitative estimate of drug-likeness (QED) is 0.229. The number of fused-ring (bicyclic) bond motifs is 1. The third kappa shape index (κ3) is 5.17. The van der Waals surface area contributed by atoms with Gasteiger partial charge in [-0.15, -0.1) is 0 Å². The van der Waals surface area contributed by atoms with Crippen molar-refractivity contribution in [3.63, 3.8) is 0 Å². The molecule has 0 radical (unpaired) electrons. The summed E-state index contributed by atoms with van der Waals surface area (Å²) >= 11 is 1.58. The summed E-state index contributed by atoms with van der Waals surface area (Å²) in [4.78, 5) is 25.1. The molecule has 0 fully saturated rings. The van der Waals surface area contributed by atoms with Gasteiger partial charge in [-0.25, -0.2) is 9.97 Å². The first kappa shape index (κ1) is 22.0. The number of ketones is 1. The van der Waals surface area contributed by atoms with Crippen LogP contribution in [0.4, 0.5) is 0 Å². The number of nitrogens with zero attached hydrogens (tertiary/aromatic N) is 3. The predicted octanol–water partition coefficient (Wildman–Crippen LogP) is 6.43. The van der Waals surface area contributed by atoms with E-state index in [-0.39, 0.29) is 5.78 Å². The predicted molar refractivity (Wildman–Crippen MR) is 133 cm³/mol. The smallest absolute Gasteiger partial charge is 0.192 e. The van der Waals surface area contributed by atoms with Crippen molar-refractivity contribution in [2.75, 3.05) is 13.1 Å². The Kier molecular flexibility index (Phi) is 7.17. The summed E-state index contributed by atoms with van der Waals surface area (Å²) in [5.74, 6) is 0.0183. The van der Waals surface area contributed by atoms with Gasteiger partial charge in [0.05, 0.1) is 0 Å². The molecule has 0 amide bonds. The molecule has 2 aromatic carbocycles. The second-order valence-corrected chi connectivity index (χ2v) is 8.60. The maximum atomic E-state index is 12.9. The van der Waals surface area contributed by atoms with Gasteiger partial charge in [-0.1, -0.05) is 42.5 Å². The molecule has 0 spiro atoms. The fraction of sp³-hybridized carbons (Fsp3) is 0.222. The zero-order valence-corrected chi connectivity index (χ0v) is 19.3. The number of rotatable bonds is 8. The van der Waals surface area contributed by atoms with E-state index in [1.165, 1.54) is 5.57 Å². The summed E-state index contributed by atoms with van der Waals surface area (Å²) in [6.45, 7) is 6.25. The molecule has 5 heteroatoms. The van der Waals surface area contributed by atoms with Crippen molar-refractivity contribution < 1.29 is 4.79 Å². The molecule has 0 aliphatic heterocycles. The van der Waals surface area contributed by atoms with Crippen molar-refractivity contribution in [2.24, 2.45) is 0 Å². The van der Waals surface area contributed by atoms with Gasteiger partial charge in [-0.05, 0) is 78.6 Å². The van der Waals surface area contributed by atoms with Crippen molar-refractivity contribution >= 4 is 28.3 Å². The Hall–Kier alpha value is -3.18. The van der Waals surface area contributed by atoms with Crippen LogP contribution in [0.2, 0.25) is 0 Å². The fourth-order valence-electron chi connectivity index (χ4n) is 3.79. The molecule has 0 unspecified atom stereocenters. The van der Waals surface area contributed by atoms with E-state index < -0.39 is 0 Å². The van der Waals surface area contributed by atoms with Gasteiger partial charge < -0.3 is 4.90 Å². The number of thioether (sulfide) groups is 1. The minimum Gasteiger partial charge on any atom is -0.378 e. The standard InChI is InChI=1S/C27H27N3OS/c1-3-30(4-2)19-24-13-11-21(26(24)32-27-28-16-7-17-29-27)14-15-25(31)23-12-10-20-8-5-6-9-22(20)18-23/h5-10,12,14-19H,3-4,11,13H2,1-2H3/b15-14+,24-19-. The van der Waals surface area contributed by atoms with Gasteiger partial charge in [-0.2, -0.15) is 0 Å². The second kappa shape index (κ2) is 10.4. The average molecular weight is 442 g/mol. The van der Waals surface area contributed by atoms with E-state index in [0.29, 0.717) is 5.56 Å². The lowest BCUT2D eigenvalue weighted by molar-refractivity contribution is 0.104. The number of aromatic nitrogens is 2. The lowest BCUT2D eigenvalue weighted by Gasteiger charge is -2.17. The Labute approximate surface area is 193 Å². The van der Waals surface area contributed by atoms with E-state index in [2.05, 4.69) is 41.0 Å². The molecular weight excluding hydrogens is 414 g/mol. The van der Waals surface area contributed by atoms with Gasteiger partial charge >= 0.3 is 0 Å². The van der Waals surface area contributed by atoms with Crippen molar-refractivity contribution in [2.45, 2.75) is 31.8 Å². The molecule has 0 bridgehead atoms. The Morgan fingerprint density at radius 1 is 1.00 bits per heavy atom. The summed E-state index contributed by atoms with van der Waals surface area (Å²) in [6, 6.07) is 15.8. The van der Waals surface area contributed by atoms with Gasteiger partial charge in [0.2, 0.25) is 0 Å². The van der Waals surface area contributed by atoms with Crippen molar-refractivity contribution in [1.82, 2.24) is 14.9 Å². The normalized spacial score (nSPS) is 15.2. The summed E-state index contributed by atoms with van der Waals surface area (Å²) in [5, 5.41) is 2.94. The highest BCUT2D eigenvalue weighted by Crippen LogP contribution is 2.42. The van der Waals surface area contributed by atoms with Crippen LogP contribution in [0.15, 0.2) is 100 Å². The van der Waals surface area contributed by atoms with Crippen LogP contribution in [0.25, 0.3) is 10.8 Å². The third-order valence-electron chi connectivity index (χ3n) is 5.60. The van der Waals surface area contributed by atoms with Crippen molar-refractivity contribution in [3.8, 4) is 0 Å². The third-order valence-corrected chi connectivity index (χ3v) is 6.72. The number of benzene rings is 2. The largest absolute Gasteiger partial charge is 0.378 e. The molecule has 0 N–H and O–H groups in total. The van der Waals surface area contributed by atoms with E-state index in [0.717, 1.165) is 52.3 Å². The topological polar surface area (TPSA) is 46.1 Å². The Morgan fingerprint density at radius 2 is 1.75 bits per heavy atom. The molecule has 32 heavy (non-hydrogen) atoms. The number of carbonyl (C=O) groups excluding carboxylic acids is 1. The summed E-state index contributed by atoms with van der Waals surface area (Å²) in [7, 11) is 0. The van der Waals surface area contributed by atoms with Crippen LogP contribution in [0.1, 0.15) is 37.0 Å². The lowest BCUT2D eigenvalue weighted by atomic mass is 10.0. The van der Waals surface area contributed by atoms with Crippen LogP contribution in [0, 0.1) is 0 Å². The molecule has 4 rings (SSSR count). The number of allylic oxidation sites excluding steroid dienone is 4. The Balaban J connectivity index is 1.63. The van der Waals surface area contributed by atoms with Crippen LogP contribution in [-0.2, 0) is 0 Å². The minimum absolute atomic E-state index is 0.0183. The van der Waals surface area contributed by atoms with Crippen LogP contribution in [0.3, 0.4) is 0 Å². The molecule has 0 atom stereocenters. The average Bonchev–Trinajstić information content (AvgIpc) is 3.22. The van der Waals surface area contributed by atoms with Crippen LogP contribution in [-0.4, -0.2) is 33.7 Å². The molecule has 162 valence electrons. The maximum Gasteiger partial charge on any atom is 0.192 e. The first-order valence-corrected chi connectivity index (χ1v) is 11.8. The summed E-state index contributed by atoms with van der Waals surface area (Å²) < 4.78 is 0. The van der Waals surface area contributed by atoms with Crippen molar-refractivity contribution in [1.29, 1.82) is 0 Å². The number of carbonyl (C=O) groups is 1. The first-order valence-electron chi connectivity index (χ1n) is 11.0. The molecule has 1 aliphatic rings. The first-order chi connectivity index (χ1) is 15.7. The molecule has 1 aliphatic carbocycles.